The van der Waals surface area contributed by atoms with Gasteiger partial charge in [-0.15, -0.1) is 0 Å². The standard InChI is InChI=1S/C12H27N3/c1-4-6-15-8-7-14(9-11(3)13)10-12(15)5-2/h11-12H,4-10,13H2,1-3H3. The number of rotatable bonds is 5. The summed E-state index contributed by atoms with van der Waals surface area (Å²) in [7, 11) is 0. The summed E-state index contributed by atoms with van der Waals surface area (Å²) >= 11 is 0. The van der Waals surface area contributed by atoms with Crippen LogP contribution in [0.4, 0.5) is 0 Å². The van der Waals surface area contributed by atoms with Gasteiger partial charge in [0.05, 0.1) is 0 Å². The lowest BCUT2D eigenvalue weighted by atomic mass is 10.1. The molecule has 90 valence electrons. The molecule has 1 rings (SSSR count). The van der Waals surface area contributed by atoms with E-state index in [2.05, 4.69) is 30.6 Å². The highest BCUT2D eigenvalue weighted by Gasteiger charge is 2.24. The summed E-state index contributed by atoms with van der Waals surface area (Å²) in [6.07, 6.45) is 2.53. The lowest BCUT2D eigenvalue weighted by Crippen LogP contribution is -2.54. The van der Waals surface area contributed by atoms with Crippen LogP contribution in [0.5, 0.6) is 0 Å². The molecular weight excluding hydrogens is 186 g/mol. The van der Waals surface area contributed by atoms with E-state index in [9.17, 15) is 0 Å². The molecule has 1 aliphatic heterocycles. The molecule has 3 nitrogen and oxygen atoms in total. The van der Waals surface area contributed by atoms with Crippen molar-refractivity contribution in [3.63, 3.8) is 0 Å². The second kappa shape index (κ2) is 6.46. The summed E-state index contributed by atoms with van der Waals surface area (Å²) in [5.74, 6) is 0. The Balaban J connectivity index is 2.40. The van der Waals surface area contributed by atoms with Crippen LogP contribution in [-0.2, 0) is 0 Å². The SMILES string of the molecule is CCCN1CCN(CC(C)N)CC1CC. The predicted octanol–water partition coefficient (Wildman–Crippen LogP) is 1.14. The molecule has 0 radical (unpaired) electrons. The van der Waals surface area contributed by atoms with Crippen LogP contribution in [0.1, 0.15) is 33.6 Å². The first-order valence-electron chi connectivity index (χ1n) is 6.39. The molecule has 1 aliphatic rings. The summed E-state index contributed by atoms with van der Waals surface area (Å²) in [5, 5.41) is 0. The highest BCUT2D eigenvalue weighted by atomic mass is 15.3. The zero-order valence-electron chi connectivity index (χ0n) is 10.6. The second-order valence-electron chi connectivity index (χ2n) is 4.83. The summed E-state index contributed by atoms with van der Waals surface area (Å²) in [4.78, 5) is 5.16. The van der Waals surface area contributed by atoms with Gasteiger partial charge in [-0.25, -0.2) is 0 Å². The van der Waals surface area contributed by atoms with Gasteiger partial charge in [-0.3, -0.25) is 9.80 Å². The van der Waals surface area contributed by atoms with Crippen molar-refractivity contribution >= 4 is 0 Å². The molecule has 0 aliphatic carbocycles. The van der Waals surface area contributed by atoms with Crippen LogP contribution in [0, 0.1) is 0 Å². The average molecular weight is 213 g/mol. The first-order valence-corrected chi connectivity index (χ1v) is 6.39. The Labute approximate surface area is 94.6 Å². The van der Waals surface area contributed by atoms with E-state index in [1.165, 1.54) is 39.0 Å². The van der Waals surface area contributed by atoms with E-state index in [-0.39, 0.29) is 0 Å². The molecule has 0 aromatic rings. The van der Waals surface area contributed by atoms with Crippen LogP contribution >= 0.6 is 0 Å². The lowest BCUT2D eigenvalue weighted by Gasteiger charge is -2.41. The van der Waals surface area contributed by atoms with E-state index in [1.807, 2.05) is 0 Å². The van der Waals surface area contributed by atoms with Crippen molar-refractivity contribution in [3.05, 3.63) is 0 Å². The molecule has 2 unspecified atom stereocenters. The number of piperazine rings is 1. The largest absolute Gasteiger partial charge is 0.327 e. The highest BCUT2D eigenvalue weighted by molar-refractivity contribution is 4.82. The molecule has 3 heteroatoms. The van der Waals surface area contributed by atoms with E-state index in [0.29, 0.717) is 6.04 Å². The van der Waals surface area contributed by atoms with Gasteiger partial charge in [0.1, 0.15) is 0 Å². The Bertz CT molecular complexity index is 170. The second-order valence-corrected chi connectivity index (χ2v) is 4.83. The number of nitrogens with zero attached hydrogens (tertiary/aromatic N) is 2. The van der Waals surface area contributed by atoms with Gasteiger partial charge < -0.3 is 5.73 Å². The van der Waals surface area contributed by atoms with E-state index < -0.39 is 0 Å². The maximum Gasteiger partial charge on any atom is 0.0221 e. The number of hydrogen-bond donors (Lipinski definition) is 1. The molecule has 2 atom stereocenters. The predicted molar refractivity (Wildman–Crippen MR) is 66.0 cm³/mol. The Hall–Kier alpha value is -0.120. The average Bonchev–Trinajstić information content (AvgIpc) is 2.20. The van der Waals surface area contributed by atoms with Crippen molar-refractivity contribution in [2.75, 3.05) is 32.7 Å². The Morgan fingerprint density at radius 3 is 2.60 bits per heavy atom. The number of nitrogens with two attached hydrogens (primary N) is 1. The van der Waals surface area contributed by atoms with Crippen molar-refractivity contribution in [1.82, 2.24) is 9.80 Å². The minimum Gasteiger partial charge on any atom is -0.327 e. The first kappa shape index (κ1) is 12.9. The first-order chi connectivity index (χ1) is 7.17. The fourth-order valence-corrected chi connectivity index (χ4v) is 2.50. The maximum atomic E-state index is 5.85. The van der Waals surface area contributed by atoms with Gasteiger partial charge in [0.15, 0.2) is 0 Å². The molecular formula is C12H27N3. The normalized spacial score (nSPS) is 26.8. The van der Waals surface area contributed by atoms with Crippen LogP contribution < -0.4 is 5.73 Å². The van der Waals surface area contributed by atoms with Crippen molar-refractivity contribution in [2.24, 2.45) is 5.73 Å². The molecule has 0 aromatic carbocycles. The summed E-state index contributed by atoms with van der Waals surface area (Å²) < 4.78 is 0. The van der Waals surface area contributed by atoms with Crippen LogP contribution in [0.3, 0.4) is 0 Å². The zero-order valence-corrected chi connectivity index (χ0v) is 10.6. The van der Waals surface area contributed by atoms with E-state index in [4.69, 9.17) is 5.73 Å². The molecule has 1 saturated heterocycles. The molecule has 15 heavy (non-hydrogen) atoms. The number of hydrogen-bond acceptors (Lipinski definition) is 3. The van der Waals surface area contributed by atoms with Crippen LogP contribution in [0.25, 0.3) is 0 Å². The van der Waals surface area contributed by atoms with Crippen molar-refractivity contribution < 1.29 is 0 Å². The molecule has 1 heterocycles. The maximum absolute atomic E-state index is 5.85. The summed E-state index contributed by atoms with van der Waals surface area (Å²) in [6.45, 7) is 12.6. The fourth-order valence-electron chi connectivity index (χ4n) is 2.50. The van der Waals surface area contributed by atoms with E-state index in [0.717, 1.165) is 12.6 Å². The molecule has 0 bridgehead atoms. The van der Waals surface area contributed by atoms with Gasteiger partial charge in [0.2, 0.25) is 0 Å². The Morgan fingerprint density at radius 1 is 1.33 bits per heavy atom. The monoisotopic (exact) mass is 213 g/mol. The van der Waals surface area contributed by atoms with E-state index in [1.54, 1.807) is 0 Å². The van der Waals surface area contributed by atoms with Crippen LogP contribution in [0.2, 0.25) is 0 Å². The molecule has 1 fully saturated rings. The molecule has 0 amide bonds. The highest BCUT2D eigenvalue weighted by Crippen LogP contribution is 2.13. The molecule has 2 N–H and O–H groups in total. The Kier molecular flexibility index (Phi) is 5.58. The van der Waals surface area contributed by atoms with Gasteiger partial charge in [0, 0.05) is 38.3 Å². The third-order valence-electron chi connectivity index (χ3n) is 3.22. The summed E-state index contributed by atoms with van der Waals surface area (Å²) in [5.41, 5.74) is 5.85. The Morgan fingerprint density at radius 2 is 2.07 bits per heavy atom. The summed E-state index contributed by atoms with van der Waals surface area (Å²) in [6, 6.07) is 1.05. The molecule has 0 saturated carbocycles. The van der Waals surface area contributed by atoms with Crippen LogP contribution in [0.15, 0.2) is 0 Å². The lowest BCUT2D eigenvalue weighted by molar-refractivity contribution is 0.0697. The van der Waals surface area contributed by atoms with Crippen molar-refractivity contribution in [2.45, 2.75) is 45.7 Å². The molecule has 0 aromatic heterocycles. The minimum absolute atomic E-state index is 0.306. The van der Waals surface area contributed by atoms with Gasteiger partial charge in [-0.1, -0.05) is 13.8 Å². The van der Waals surface area contributed by atoms with Gasteiger partial charge in [-0.2, -0.15) is 0 Å². The third kappa shape index (κ3) is 4.09. The van der Waals surface area contributed by atoms with E-state index >= 15 is 0 Å². The van der Waals surface area contributed by atoms with Crippen molar-refractivity contribution in [1.29, 1.82) is 0 Å². The topological polar surface area (TPSA) is 32.5 Å². The van der Waals surface area contributed by atoms with Gasteiger partial charge >= 0.3 is 0 Å². The van der Waals surface area contributed by atoms with Gasteiger partial charge in [-0.05, 0) is 26.3 Å². The fraction of sp³-hybridized carbons (Fsp3) is 1.00. The quantitative estimate of drug-likeness (QED) is 0.743. The zero-order chi connectivity index (χ0) is 11.3. The molecule has 0 spiro atoms. The minimum atomic E-state index is 0.306. The third-order valence-corrected chi connectivity index (χ3v) is 3.22. The van der Waals surface area contributed by atoms with Crippen LogP contribution in [-0.4, -0.2) is 54.6 Å². The van der Waals surface area contributed by atoms with Gasteiger partial charge in [0.25, 0.3) is 0 Å². The smallest absolute Gasteiger partial charge is 0.0221 e. The van der Waals surface area contributed by atoms with Crippen molar-refractivity contribution in [3.8, 4) is 0 Å².